The zero-order valence-corrected chi connectivity index (χ0v) is 7.82. The number of carboxylic acids is 1. The van der Waals surface area contributed by atoms with E-state index in [1.54, 1.807) is 0 Å². The molecule has 0 unspecified atom stereocenters. The van der Waals surface area contributed by atoms with Gasteiger partial charge in [-0.2, -0.15) is 0 Å². The Hall–Kier alpha value is -1.43. The van der Waals surface area contributed by atoms with Crippen LogP contribution < -0.4 is 5.32 Å². The fourth-order valence-electron chi connectivity index (χ4n) is 0.713. The minimum absolute atomic E-state index is 0.0657. The Labute approximate surface area is 80.9 Å². The summed E-state index contributed by atoms with van der Waals surface area (Å²) in [5.41, 5.74) is 0. The fourth-order valence-corrected chi connectivity index (χ4v) is 0.713. The van der Waals surface area contributed by atoms with E-state index in [9.17, 15) is 14.4 Å². The molecule has 0 fully saturated rings. The van der Waals surface area contributed by atoms with E-state index in [0.29, 0.717) is 0 Å². The molecular weight excluding hydrogens is 190 g/mol. The highest BCUT2D eigenvalue weighted by atomic mass is 16.4. The molecule has 0 saturated heterocycles. The topological polar surface area (TPSA) is 104 Å². The number of aliphatic hydroxyl groups is 1. The molecule has 0 spiro atoms. The maximum Gasteiger partial charge on any atom is 0.333 e. The number of hydrogen-bond acceptors (Lipinski definition) is 4. The average Bonchev–Trinajstić information content (AvgIpc) is 2.02. The van der Waals surface area contributed by atoms with Gasteiger partial charge < -0.3 is 15.5 Å². The van der Waals surface area contributed by atoms with E-state index in [2.05, 4.69) is 5.32 Å². The number of aliphatic hydroxyl groups excluding tert-OH is 1. The summed E-state index contributed by atoms with van der Waals surface area (Å²) in [6.45, 7) is 1.55. The molecule has 0 aliphatic heterocycles. The number of carbonyl (C=O) groups excluding carboxylic acids is 2. The first-order valence-electron chi connectivity index (χ1n) is 4.10. The van der Waals surface area contributed by atoms with Crippen molar-refractivity contribution in [1.29, 1.82) is 0 Å². The van der Waals surface area contributed by atoms with Gasteiger partial charge in [0.15, 0.2) is 6.10 Å². The maximum absolute atomic E-state index is 10.9. The van der Waals surface area contributed by atoms with Crippen molar-refractivity contribution in [2.24, 2.45) is 0 Å². The molecule has 0 radical (unpaired) electrons. The minimum atomic E-state index is -1.69. The summed E-state index contributed by atoms with van der Waals surface area (Å²) in [5, 5.41) is 19.4. The number of ketones is 1. The van der Waals surface area contributed by atoms with Gasteiger partial charge in [0.25, 0.3) is 0 Å². The summed E-state index contributed by atoms with van der Waals surface area (Å²) >= 11 is 0. The van der Waals surface area contributed by atoms with Gasteiger partial charge in [0.05, 0.1) is 6.42 Å². The zero-order valence-electron chi connectivity index (χ0n) is 7.82. The Kier molecular flexibility index (Phi) is 5.47. The van der Waals surface area contributed by atoms with Crippen LogP contribution in [0, 0.1) is 0 Å². The number of nitrogens with one attached hydrogen (secondary N) is 1. The smallest absolute Gasteiger partial charge is 0.333 e. The molecule has 0 aromatic carbocycles. The third-order valence-electron chi connectivity index (χ3n) is 1.46. The van der Waals surface area contributed by atoms with Crippen molar-refractivity contribution in [2.45, 2.75) is 25.9 Å². The van der Waals surface area contributed by atoms with Crippen molar-refractivity contribution in [2.75, 3.05) is 6.54 Å². The van der Waals surface area contributed by atoms with Crippen LogP contribution in [0.4, 0.5) is 0 Å². The molecule has 0 aliphatic carbocycles. The monoisotopic (exact) mass is 203 g/mol. The van der Waals surface area contributed by atoms with Crippen LogP contribution in [0.5, 0.6) is 0 Å². The minimum Gasteiger partial charge on any atom is -0.479 e. The molecule has 6 heteroatoms. The van der Waals surface area contributed by atoms with Gasteiger partial charge in [-0.15, -0.1) is 0 Å². The number of Topliss-reactive ketones (excluding diaryl/α,β-unsaturated/α-hetero) is 1. The van der Waals surface area contributed by atoms with Crippen molar-refractivity contribution in [1.82, 2.24) is 5.32 Å². The summed E-state index contributed by atoms with van der Waals surface area (Å²) in [6, 6.07) is 0. The largest absolute Gasteiger partial charge is 0.479 e. The van der Waals surface area contributed by atoms with E-state index >= 15 is 0 Å². The van der Waals surface area contributed by atoms with Crippen molar-refractivity contribution < 1.29 is 24.6 Å². The molecule has 0 aliphatic rings. The molecule has 6 nitrogen and oxygen atoms in total. The Bertz CT molecular complexity index is 238. The van der Waals surface area contributed by atoms with E-state index in [1.807, 2.05) is 0 Å². The second-order valence-electron chi connectivity index (χ2n) is 2.86. The Morgan fingerprint density at radius 3 is 2.36 bits per heavy atom. The van der Waals surface area contributed by atoms with Crippen LogP contribution in [-0.2, 0) is 14.4 Å². The number of carboxylic acid groups (broad SMARTS) is 1. The lowest BCUT2D eigenvalue weighted by Gasteiger charge is -2.05. The summed E-state index contributed by atoms with van der Waals surface area (Å²) in [7, 11) is 0. The maximum atomic E-state index is 10.9. The average molecular weight is 203 g/mol. The third-order valence-corrected chi connectivity index (χ3v) is 1.46. The number of aliphatic carboxylic acids is 1. The van der Waals surface area contributed by atoms with Crippen molar-refractivity contribution in [3.8, 4) is 0 Å². The molecule has 0 saturated carbocycles. The summed E-state index contributed by atoms with van der Waals surface area (Å²) < 4.78 is 0. The van der Waals surface area contributed by atoms with Crippen LogP contribution >= 0.6 is 0 Å². The predicted molar refractivity (Wildman–Crippen MR) is 46.6 cm³/mol. The highest BCUT2D eigenvalue weighted by Crippen LogP contribution is 1.91. The molecular formula is C8H13NO5. The van der Waals surface area contributed by atoms with Crippen LogP contribution in [0.15, 0.2) is 0 Å². The van der Waals surface area contributed by atoms with Crippen LogP contribution in [-0.4, -0.2) is 40.5 Å². The van der Waals surface area contributed by atoms with Crippen LogP contribution in [0.3, 0.4) is 0 Å². The van der Waals surface area contributed by atoms with Crippen molar-refractivity contribution >= 4 is 17.7 Å². The first-order chi connectivity index (χ1) is 6.43. The van der Waals surface area contributed by atoms with Crippen molar-refractivity contribution in [3.05, 3.63) is 0 Å². The quantitative estimate of drug-likeness (QED) is 0.509. The van der Waals surface area contributed by atoms with E-state index < -0.39 is 24.4 Å². The highest BCUT2D eigenvalue weighted by Gasteiger charge is 2.17. The lowest BCUT2D eigenvalue weighted by atomic mass is 10.2. The van der Waals surface area contributed by atoms with E-state index in [0.717, 1.165) is 0 Å². The molecule has 1 atom stereocenters. The van der Waals surface area contributed by atoms with E-state index in [-0.39, 0.29) is 18.7 Å². The molecule has 1 amide bonds. The molecule has 14 heavy (non-hydrogen) atoms. The van der Waals surface area contributed by atoms with Gasteiger partial charge in [0, 0.05) is 13.0 Å². The number of rotatable bonds is 6. The molecule has 0 rings (SSSR count). The normalized spacial score (nSPS) is 11.9. The van der Waals surface area contributed by atoms with Crippen LogP contribution in [0.25, 0.3) is 0 Å². The summed E-state index contributed by atoms with van der Waals surface area (Å²) in [6.07, 6.45) is -1.98. The molecule has 0 heterocycles. The van der Waals surface area contributed by atoms with Gasteiger partial charge in [-0.1, -0.05) is 0 Å². The van der Waals surface area contributed by atoms with Crippen LogP contribution in [0.2, 0.25) is 0 Å². The number of hydrogen-bond donors (Lipinski definition) is 3. The molecule has 0 bridgehead atoms. The third kappa shape index (κ3) is 6.13. The fraction of sp³-hybridized carbons (Fsp3) is 0.625. The van der Waals surface area contributed by atoms with Crippen molar-refractivity contribution in [3.63, 3.8) is 0 Å². The second-order valence-corrected chi connectivity index (χ2v) is 2.86. The van der Waals surface area contributed by atoms with Gasteiger partial charge in [0.1, 0.15) is 5.78 Å². The molecule has 0 aromatic rings. The van der Waals surface area contributed by atoms with Gasteiger partial charge in [0.2, 0.25) is 5.91 Å². The summed E-state index contributed by atoms with van der Waals surface area (Å²) in [5.74, 6) is -2.09. The lowest BCUT2D eigenvalue weighted by Crippen LogP contribution is -2.32. The van der Waals surface area contributed by atoms with Gasteiger partial charge in [-0.05, 0) is 6.92 Å². The van der Waals surface area contributed by atoms with E-state index in [1.165, 1.54) is 6.92 Å². The standard InChI is InChI=1S/C8H13NO5/c1-5(10)2-3-9-7(12)4-6(11)8(13)14/h6,11H,2-4H2,1H3,(H,9,12)(H,13,14)/t6-/m0/s1. The lowest BCUT2D eigenvalue weighted by molar-refractivity contribution is -0.149. The molecule has 0 aromatic heterocycles. The Balaban J connectivity index is 3.65. The zero-order chi connectivity index (χ0) is 11.1. The second kappa shape index (κ2) is 6.09. The highest BCUT2D eigenvalue weighted by molar-refractivity contribution is 5.84. The molecule has 80 valence electrons. The SMILES string of the molecule is CC(=O)CCNC(=O)C[C@H](O)C(=O)O. The van der Waals surface area contributed by atoms with Gasteiger partial charge >= 0.3 is 5.97 Å². The number of carbonyl (C=O) groups is 3. The Morgan fingerprint density at radius 1 is 1.36 bits per heavy atom. The predicted octanol–water partition coefficient (Wildman–Crippen LogP) is -1.08. The van der Waals surface area contributed by atoms with E-state index in [4.69, 9.17) is 10.2 Å². The number of amides is 1. The molecule has 3 N–H and O–H groups in total. The van der Waals surface area contributed by atoms with Gasteiger partial charge in [-0.25, -0.2) is 4.79 Å². The van der Waals surface area contributed by atoms with Gasteiger partial charge in [-0.3, -0.25) is 9.59 Å². The Morgan fingerprint density at radius 2 is 1.93 bits per heavy atom. The summed E-state index contributed by atoms with van der Waals surface area (Å²) in [4.78, 5) is 31.5. The van der Waals surface area contributed by atoms with Crippen LogP contribution in [0.1, 0.15) is 19.8 Å². The first kappa shape index (κ1) is 12.6. The first-order valence-corrected chi connectivity index (χ1v) is 4.10.